The van der Waals surface area contributed by atoms with Crippen LogP contribution in [0.15, 0.2) is 40.5 Å². The Balaban J connectivity index is 1.70. The summed E-state index contributed by atoms with van der Waals surface area (Å²) in [6, 6.07) is 5.67. The van der Waals surface area contributed by atoms with E-state index in [9.17, 15) is 4.79 Å². The lowest BCUT2D eigenvalue weighted by Crippen LogP contribution is -2.19. The lowest BCUT2D eigenvalue weighted by atomic mass is 10.1. The van der Waals surface area contributed by atoms with E-state index in [0.717, 1.165) is 11.5 Å². The molecule has 2 atom stereocenters. The van der Waals surface area contributed by atoms with Gasteiger partial charge in [-0.15, -0.1) is 0 Å². The van der Waals surface area contributed by atoms with Crippen molar-refractivity contribution in [3.63, 3.8) is 0 Å². The molecule has 5 nitrogen and oxygen atoms in total. The van der Waals surface area contributed by atoms with E-state index in [1.165, 1.54) is 5.57 Å². The maximum Gasteiger partial charge on any atom is 0.229 e. The molecule has 0 aromatic carbocycles. The SMILES string of the molecule is CC(C)=C[C@H]1[C@@H](C(=O)Nc2ccnn2Cc2ccc(C)o2)C1(C)C. The van der Waals surface area contributed by atoms with Crippen LogP contribution in [0, 0.1) is 24.2 Å². The van der Waals surface area contributed by atoms with E-state index in [0.29, 0.717) is 18.3 Å². The Kier molecular flexibility index (Phi) is 4.11. The molecule has 2 heterocycles. The van der Waals surface area contributed by atoms with E-state index in [4.69, 9.17) is 4.42 Å². The second-order valence-electron chi connectivity index (χ2n) is 7.44. The van der Waals surface area contributed by atoms with Gasteiger partial charge in [-0.1, -0.05) is 25.5 Å². The molecule has 2 aromatic heterocycles. The summed E-state index contributed by atoms with van der Waals surface area (Å²) in [6.45, 7) is 10.8. The van der Waals surface area contributed by atoms with Gasteiger partial charge in [0.25, 0.3) is 0 Å². The molecule has 1 fully saturated rings. The lowest BCUT2D eigenvalue weighted by Gasteiger charge is -2.08. The fourth-order valence-electron chi connectivity index (χ4n) is 3.34. The zero-order valence-corrected chi connectivity index (χ0v) is 15.0. The minimum atomic E-state index is 0.00149. The number of nitrogens with one attached hydrogen (secondary N) is 1. The number of furan rings is 1. The third-order valence-electron chi connectivity index (χ3n) is 4.78. The summed E-state index contributed by atoms with van der Waals surface area (Å²) in [4.78, 5) is 12.7. The Labute approximate surface area is 142 Å². The van der Waals surface area contributed by atoms with Crippen LogP contribution in [-0.4, -0.2) is 15.7 Å². The first-order chi connectivity index (χ1) is 11.3. The molecule has 5 heteroatoms. The topological polar surface area (TPSA) is 60.1 Å². The molecule has 0 bridgehead atoms. The lowest BCUT2D eigenvalue weighted by molar-refractivity contribution is -0.118. The van der Waals surface area contributed by atoms with Crippen molar-refractivity contribution < 1.29 is 9.21 Å². The second-order valence-corrected chi connectivity index (χ2v) is 7.44. The number of aryl methyl sites for hydroxylation is 1. The second kappa shape index (κ2) is 5.96. The highest BCUT2D eigenvalue weighted by molar-refractivity contribution is 5.95. The van der Waals surface area contributed by atoms with Crippen LogP contribution in [0.2, 0.25) is 0 Å². The van der Waals surface area contributed by atoms with Gasteiger partial charge in [-0.3, -0.25) is 4.79 Å². The van der Waals surface area contributed by atoms with Gasteiger partial charge in [0.1, 0.15) is 23.9 Å². The number of anilines is 1. The Morgan fingerprint density at radius 1 is 1.38 bits per heavy atom. The molecule has 0 radical (unpaired) electrons. The quantitative estimate of drug-likeness (QED) is 0.844. The van der Waals surface area contributed by atoms with Crippen molar-refractivity contribution in [3.05, 3.63) is 47.6 Å². The summed E-state index contributed by atoms with van der Waals surface area (Å²) in [5.74, 6) is 2.74. The highest BCUT2D eigenvalue weighted by Gasteiger charge is 2.60. The monoisotopic (exact) mass is 327 g/mol. The van der Waals surface area contributed by atoms with Crippen LogP contribution in [0.1, 0.15) is 39.2 Å². The molecule has 2 aromatic rings. The van der Waals surface area contributed by atoms with E-state index >= 15 is 0 Å². The Morgan fingerprint density at radius 2 is 2.12 bits per heavy atom. The number of rotatable bonds is 5. The van der Waals surface area contributed by atoms with E-state index in [1.807, 2.05) is 25.1 Å². The largest absolute Gasteiger partial charge is 0.464 e. The number of allylic oxidation sites excluding steroid dienone is 2. The minimum Gasteiger partial charge on any atom is -0.464 e. The number of aromatic nitrogens is 2. The summed E-state index contributed by atoms with van der Waals surface area (Å²) < 4.78 is 7.34. The Hall–Kier alpha value is -2.30. The van der Waals surface area contributed by atoms with Crippen LogP contribution in [-0.2, 0) is 11.3 Å². The van der Waals surface area contributed by atoms with Gasteiger partial charge in [-0.2, -0.15) is 5.10 Å². The summed E-state index contributed by atoms with van der Waals surface area (Å²) in [5.41, 5.74) is 1.26. The summed E-state index contributed by atoms with van der Waals surface area (Å²) in [5, 5.41) is 7.32. The van der Waals surface area contributed by atoms with E-state index in [1.54, 1.807) is 10.9 Å². The molecule has 0 saturated heterocycles. The van der Waals surface area contributed by atoms with Gasteiger partial charge in [0.15, 0.2) is 0 Å². The molecular weight excluding hydrogens is 302 g/mol. The maximum atomic E-state index is 12.7. The molecule has 1 amide bonds. The maximum absolute atomic E-state index is 12.7. The molecular formula is C19H25N3O2. The molecule has 1 saturated carbocycles. The number of carbonyl (C=O) groups is 1. The molecule has 0 spiro atoms. The summed E-state index contributed by atoms with van der Waals surface area (Å²) in [7, 11) is 0. The number of hydrogen-bond acceptors (Lipinski definition) is 3. The molecule has 3 rings (SSSR count). The first kappa shape index (κ1) is 16.6. The first-order valence-electron chi connectivity index (χ1n) is 8.32. The zero-order chi connectivity index (χ0) is 17.5. The smallest absolute Gasteiger partial charge is 0.229 e. The minimum absolute atomic E-state index is 0.00149. The van der Waals surface area contributed by atoms with Crippen LogP contribution >= 0.6 is 0 Å². The third kappa shape index (κ3) is 3.16. The van der Waals surface area contributed by atoms with Crippen LogP contribution < -0.4 is 5.32 Å². The number of hydrogen-bond donors (Lipinski definition) is 1. The Morgan fingerprint density at radius 3 is 2.75 bits per heavy atom. The van der Waals surface area contributed by atoms with Crippen molar-refractivity contribution in [1.29, 1.82) is 0 Å². The van der Waals surface area contributed by atoms with Gasteiger partial charge in [-0.25, -0.2) is 4.68 Å². The van der Waals surface area contributed by atoms with Gasteiger partial charge in [0.2, 0.25) is 5.91 Å². The number of carbonyl (C=O) groups excluding carboxylic acids is 1. The first-order valence-corrected chi connectivity index (χ1v) is 8.32. The van der Waals surface area contributed by atoms with E-state index < -0.39 is 0 Å². The average Bonchev–Trinajstić information content (AvgIpc) is 2.87. The zero-order valence-electron chi connectivity index (χ0n) is 15.0. The van der Waals surface area contributed by atoms with Crippen LogP contribution in [0.3, 0.4) is 0 Å². The molecule has 1 aliphatic rings. The molecule has 1 N–H and O–H groups in total. The number of nitrogens with zero attached hydrogens (tertiary/aromatic N) is 2. The van der Waals surface area contributed by atoms with E-state index in [-0.39, 0.29) is 17.2 Å². The normalized spacial score (nSPS) is 21.4. The fraction of sp³-hybridized carbons (Fsp3) is 0.474. The van der Waals surface area contributed by atoms with Crippen molar-refractivity contribution in [1.82, 2.24) is 9.78 Å². The molecule has 24 heavy (non-hydrogen) atoms. The van der Waals surface area contributed by atoms with Gasteiger partial charge < -0.3 is 9.73 Å². The third-order valence-corrected chi connectivity index (χ3v) is 4.78. The van der Waals surface area contributed by atoms with Gasteiger partial charge in [0.05, 0.1) is 12.1 Å². The van der Waals surface area contributed by atoms with Crippen molar-refractivity contribution in [2.75, 3.05) is 5.32 Å². The summed E-state index contributed by atoms with van der Waals surface area (Å²) >= 11 is 0. The van der Waals surface area contributed by atoms with Gasteiger partial charge in [-0.05, 0) is 44.2 Å². The molecule has 0 unspecified atom stereocenters. The van der Waals surface area contributed by atoms with Crippen molar-refractivity contribution in [2.45, 2.75) is 41.2 Å². The van der Waals surface area contributed by atoms with Crippen LogP contribution in [0.25, 0.3) is 0 Å². The molecule has 0 aliphatic heterocycles. The van der Waals surface area contributed by atoms with Gasteiger partial charge in [0, 0.05) is 6.07 Å². The van der Waals surface area contributed by atoms with E-state index in [2.05, 4.69) is 44.2 Å². The number of amides is 1. The average molecular weight is 327 g/mol. The van der Waals surface area contributed by atoms with Crippen molar-refractivity contribution in [2.24, 2.45) is 17.3 Å². The summed E-state index contributed by atoms with van der Waals surface area (Å²) in [6.07, 6.45) is 3.89. The van der Waals surface area contributed by atoms with Crippen molar-refractivity contribution >= 4 is 11.7 Å². The predicted molar refractivity (Wildman–Crippen MR) is 93.6 cm³/mol. The molecule has 128 valence electrons. The molecule has 1 aliphatic carbocycles. The van der Waals surface area contributed by atoms with Crippen LogP contribution in [0.4, 0.5) is 5.82 Å². The highest BCUT2D eigenvalue weighted by atomic mass is 16.3. The standard InChI is InChI=1S/C19H25N3O2/c1-12(2)10-15-17(19(15,4)5)18(23)21-16-8-9-20-22(16)11-14-7-6-13(3)24-14/h6-10,15,17H,11H2,1-5H3,(H,21,23)/t15-,17-/m0/s1. The van der Waals surface area contributed by atoms with Gasteiger partial charge >= 0.3 is 0 Å². The highest BCUT2D eigenvalue weighted by Crippen LogP contribution is 2.59. The fourth-order valence-corrected chi connectivity index (χ4v) is 3.34. The van der Waals surface area contributed by atoms with Crippen LogP contribution in [0.5, 0.6) is 0 Å². The Bertz CT molecular complexity index is 778. The van der Waals surface area contributed by atoms with Crippen molar-refractivity contribution in [3.8, 4) is 0 Å². The predicted octanol–water partition coefficient (Wildman–Crippen LogP) is 4.01.